The van der Waals surface area contributed by atoms with Crippen LogP contribution in [0.5, 0.6) is 0 Å². The van der Waals surface area contributed by atoms with E-state index in [-0.39, 0.29) is 0 Å². The molecule has 0 saturated heterocycles. The van der Waals surface area contributed by atoms with E-state index in [1.807, 2.05) is 13.0 Å². The largest absolute Gasteiger partial charge is 0.509 e. The predicted molar refractivity (Wildman–Crippen MR) is 67.2 cm³/mol. The minimum atomic E-state index is -0.925. The first-order chi connectivity index (χ1) is 8.48. The van der Waals surface area contributed by atoms with E-state index in [4.69, 9.17) is 9.47 Å². The number of carbonyl (C=O) groups is 2. The van der Waals surface area contributed by atoms with Crippen LogP contribution in [0.3, 0.4) is 0 Å². The van der Waals surface area contributed by atoms with Crippen LogP contribution in [-0.4, -0.2) is 18.0 Å². The van der Waals surface area contributed by atoms with Gasteiger partial charge in [0.25, 0.3) is 0 Å². The van der Waals surface area contributed by atoms with Gasteiger partial charge in [0.2, 0.25) is 0 Å². The number of hydrogen-bond acceptors (Lipinski definition) is 4. The van der Waals surface area contributed by atoms with Crippen LogP contribution in [0, 0.1) is 0 Å². The Morgan fingerprint density at radius 3 is 2.44 bits per heavy atom. The molecule has 0 aliphatic heterocycles. The van der Waals surface area contributed by atoms with Crippen molar-refractivity contribution in [2.45, 2.75) is 38.9 Å². The second-order valence-electron chi connectivity index (χ2n) is 4.55. The molecular weight excluding hydrogens is 232 g/mol. The summed E-state index contributed by atoms with van der Waals surface area (Å²) in [5, 5.41) is 0. The van der Waals surface area contributed by atoms with Gasteiger partial charge in [0.1, 0.15) is 5.60 Å². The Bertz CT molecular complexity index is 398. The van der Waals surface area contributed by atoms with E-state index in [1.54, 1.807) is 38.1 Å². The number of hydrogen-bond donors (Lipinski definition) is 0. The highest BCUT2D eigenvalue weighted by Gasteiger charge is 2.24. The molecule has 98 valence electrons. The molecule has 0 fully saturated rings. The monoisotopic (exact) mass is 250 g/mol. The minimum absolute atomic E-state index is 0.579. The van der Waals surface area contributed by atoms with Crippen LogP contribution in [0.15, 0.2) is 30.3 Å². The summed E-state index contributed by atoms with van der Waals surface area (Å²) in [7, 11) is 0. The summed E-state index contributed by atoms with van der Waals surface area (Å²) < 4.78 is 10.1. The van der Waals surface area contributed by atoms with E-state index >= 15 is 0 Å². The maximum Gasteiger partial charge on any atom is 0.509 e. The summed E-state index contributed by atoms with van der Waals surface area (Å²) >= 11 is 0. The van der Waals surface area contributed by atoms with E-state index in [9.17, 15) is 9.59 Å². The van der Waals surface area contributed by atoms with Crippen molar-refractivity contribution in [3.05, 3.63) is 35.9 Å². The summed E-state index contributed by atoms with van der Waals surface area (Å²) in [6.45, 7) is 5.47. The van der Waals surface area contributed by atoms with Crippen molar-refractivity contribution in [1.29, 1.82) is 0 Å². The van der Waals surface area contributed by atoms with Crippen molar-refractivity contribution in [3.63, 3.8) is 0 Å². The maximum atomic E-state index is 11.6. The number of aldehydes is 1. The van der Waals surface area contributed by atoms with Crippen molar-refractivity contribution in [2.24, 2.45) is 0 Å². The fourth-order valence-corrected chi connectivity index (χ4v) is 1.24. The Labute approximate surface area is 107 Å². The smallest absolute Gasteiger partial charge is 0.428 e. The van der Waals surface area contributed by atoms with Crippen LogP contribution in [0.1, 0.15) is 38.9 Å². The SMILES string of the molecule is CCC(C)(C)OC(=O)OC(C=O)c1ccccc1. The third kappa shape index (κ3) is 4.20. The molecule has 1 aromatic carbocycles. The van der Waals surface area contributed by atoms with Gasteiger partial charge in [0.05, 0.1) is 0 Å². The van der Waals surface area contributed by atoms with Gasteiger partial charge >= 0.3 is 6.16 Å². The molecular formula is C14H18O4. The van der Waals surface area contributed by atoms with Crippen LogP contribution < -0.4 is 0 Å². The van der Waals surface area contributed by atoms with Gasteiger partial charge in [-0.05, 0) is 25.8 Å². The third-order valence-corrected chi connectivity index (χ3v) is 2.69. The van der Waals surface area contributed by atoms with E-state index < -0.39 is 17.9 Å². The normalized spacial score (nSPS) is 12.6. The molecule has 4 nitrogen and oxygen atoms in total. The molecule has 4 heteroatoms. The molecule has 18 heavy (non-hydrogen) atoms. The topological polar surface area (TPSA) is 52.6 Å². The standard InChI is InChI=1S/C14H18O4/c1-4-14(2,3)18-13(16)17-12(10-15)11-8-6-5-7-9-11/h5-10,12H,4H2,1-3H3. The molecule has 1 rings (SSSR count). The minimum Gasteiger partial charge on any atom is -0.428 e. The molecule has 1 unspecified atom stereocenters. The van der Waals surface area contributed by atoms with Crippen molar-refractivity contribution in [2.75, 3.05) is 0 Å². The lowest BCUT2D eigenvalue weighted by Crippen LogP contribution is -2.28. The summed E-state index contributed by atoms with van der Waals surface area (Å²) in [6, 6.07) is 8.81. The van der Waals surface area contributed by atoms with Crippen LogP contribution in [0.2, 0.25) is 0 Å². The van der Waals surface area contributed by atoms with Gasteiger partial charge in [-0.15, -0.1) is 0 Å². The number of benzene rings is 1. The molecule has 1 aromatic rings. The molecule has 0 amide bonds. The Balaban J connectivity index is 2.65. The van der Waals surface area contributed by atoms with Gasteiger partial charge in [-0.1, -0.05) is 37.3 Å². The summed E-state index contributed by atoms with van der Waals surface area (Å²) in [5.41, 5.74) is 0.0278. The van der Waals surface area contributed by atoms with Gasteiger partial charge in [0.15, 0.2) is 12.4 Å². The summed E-state index contributed by atoms with van der Waals surface area (Å²) in [6.07, 6.45) is -0.511. The lowest BCUT2D eigenvalue weighted by atomic mass is 10.1. The van der Waals surface area contributed by atoms with Crippen LogP contribution in [0.25, 0.3) is 0 Å². The molecule has 0 N–H and O–H groups in total. The molecule has 0 radical (unpaired) electrons. The Hall–Kier alpha value is -1.84. The Morgan fingerprint density at radius 1 is 1.33 bits per heavy atom. The molecule has 0 saturated carbocycles. The number of ether oxygens (including phenoxy) is 2. The van der Waals surface area contributed by atoms with Gasteiger partial charge in [-0.3, -0.25) is 4.79 Å². The highest BCUT2D eigenvalue weighted by Crippen LogP contribution is 2.19. The zero-order chi connectivity index (χ0) is 13.6. The van der Waals surface area contributed by atoms with Gasteiger partial charge in [-0.2, -0.15) is 0 Å². The first-order valence-electron chi connectivity index (χ1n) is 5.88. The third-order valence-electron chi connectivity index (χ3n) is 2.69. The highest BCUT2D eigenvalue weighted by atomic mass is 16.7. The lowest BCUT2D eigenvalue weighted by Gasteiger charge is -2.23. The van der Waals surface area contributed by atoms with Crippen molar-refractivity contribution in [3.8, 4) is 0 Å². The molecule has 0 heterocycles. The average Bonchev–Trinajstić information content (AvgIpc) is 2.36. The molecule has 0 aliphatic rings. The van der Waals surface area contributed by atoms with Crippen molar-refractivity contribution < 1.29 is 19.1 Å². The fraction of sp³-hybridized carbons (Fsp3) is 0.429. The number of carbonyl (C=O) groups excluding carboxylic acids is 2. The summed E-state index contributed by atoms with van der Waals surface area (Å²) in [4.78, 5) is 22.5. The number of rotatable bonds is 5. The Morgan fingerprint density at radius 2 is 1.94 bits per heavy atom. The maximum absolute atomic E-state index is 11.6. The zero-order valence-electron chi connectivity index (χ0n) is 10.9. The first-order valence-corrected chi connectivity index (χ1v) is 5.88. The zero-order valence-corrected chi connectivity index (χ0v) is 10.9. The lowest BCUT2D eigenvalue weighted by molar-refractivity contribution is -0.118. The average molecular weight is 250 g/mol. The molecule has 0 aromatic heterocycles. The molecule has 0 bridgehead atoms. The van der Waals surface area contributed by atoms with E-state index in [0.717, 1.165) is 0 Å². The highest BCUT2D eigenvalue weighted by molar-refractivity contribution is 5.68. The van der Waals surface area contributed by atoms with Crippen molar-refractivity contribution in [1.82, 2.24) is 0 Å². The second-order valence-corrected chi connectivity index (χ2v) is 4.55. The van der Waals surface area contributed by atoms with E-state index in [1.165, 1.54) is 0 Å². The van der Waals surface area contributed by atoms with Gasteiger partial charge < -0.3 is 9.47 Å². The van der Waals surface area contributed by atoms with Crippen LogP contribution in [-0.2, 0) is 14.3 Å². The van der Waals surface area contributed by atoms with Crippen LogP contribution in [0.4, 0.5) is 4.79 Å². The Kier molecular flexibility index (Phi) is 4.89. The van der Waals surface area contributed by atoms with E-state index in [0.29, 0.717) is 18.3 Å². The molecule has 1 atom stereocenters. The van der Waals surface area contributed by atoms with Crippen molar-refractivity contribution >= 4 is 12.4 Å². The molecule has 0 spiro atoms. The second kappa shape index (κ2) is 6.19. The summed E-state index contributed by atoms with van der Waals surface area (Å²) in [5.74, 6) is 0. The van der Waals surface area contributed by atoms with E-state index in [2.05, 4.69) is 0 Å². The van der Waals surface area contributed by atoms with Crippen LogP contribution >= 0.6 is 0 Å². The first kappa shape index (κ1) is 14.2. The predicted octanol–water partition coefficient (Wildman–Crippen LogP) is 3.27. The van der Waals surface area contributed by atoms with Gasteiger partial charge in [0, 0.05) is 0 Å². The fourth-order valence-electron chi connectivity index (χ4n) is 1.24. The van der Waals surface area contributed by atoms with Gasteiger partial charge in [-0.25, -0.2) is 4.79 Å². The molecule has 0 aliphatic carbocycles. The quantitative estimate of drug-likeness (QED) is 0.594.